The third-order valence-electron chi connectivity index (χ3n) is 5.01. The van der Waals surface area contributed by atoms with Crippen molar-refractivity contribution in [3.8, 4) is 0 Å². The molecule has 1 heteroatoms. The molecule has 0 amide bonds. The lowest BCUT2D eigenvalue weighted by atomic mass is 9.56. The number of carbonyl (C=O) groups is 1. The van der Waals surface area contributed by atoms with Gasteiger partial charge in [0.25, 0.3) is 0 Å². The van der Waals surface area contributed by atoms with E-state index in [9.17, 15) is 4.79 Å². The molecular formula is C16H20O. The summed E-state index contributed by atoms with van der Waals surface area (Å²) < 4.78 is 0. The third-order valence-corrected chi connectivity index (χ3v) is 5.01. The summed E-state index contributed by atoms with van der Waals surface area (Å²) in [5.74, 6) is 0.564. The van der Waals surface area contributed by atoms with Crippen molar-refractivity contribution in [2.45, 2.75) is 45.4 Å². The molecule has 17 heavy (non-hydrogen) atoms. The lowest BCUT2D eigenvalue weighted by Gasteiger charge is -2.46. The van der Waals surface area contributed by atoms with Gasteiger partial charge in [0.15, 0.2) is 5.78 Å². The fraction of sp³-hybridized carbons (Fsp3) is 0.562. The molecule has 1 aromatic carbocycles. The van der Waals surface area contributed by atoms with Crippen LogP contribution in [-0.4, -0.2) is 5.78 Å². The van der Waals surface area contributed by atoms with Gasteiger partial charge < -0.3 is 0 Å². The van der Waals surface area contributed by atoms with Crippen LogP contribution in [0.25, 0.3) is 0 Å². The van der Waals surface area contributed by atoms with Crippen molar-refractivity contribution in [1.82, 2.24) is 0 Å². The standard InChI is InChI=1S/C16H20O/c1-15(2)9-6-10-16(3)12-8-5-4-7-11(12)13(17)14(15)16/h4-5,7-8,14H,6,9-10H2,1-3H3/t14-,16-/m1/s1. The second kappa shape index (κ2) is 3.22. The number of rotatable bonds is 0. The van der Waals surface area contributed by atoms with Gasteiger partial charge in [-0.1, -0.05) is 51.5 Å². The minimum absolute atomic E-state index is 0.0788. The fourth-order valence-electron chi connectivity index (χ4n) is 4.35. The monoisotopic (exact) mass is 228 g/mol. The van der Waals surface area contributed by atoms with Crippen molar-refractivity contribution in [2.24, 2.45) is 11.3 Å². The highest BCUT2D eigenvalue weighted by atomic mass is 16.1. The molecule has 0 spiro atoms. The lowest BCUT2D eigenvalue weighted by molar-refractivity contribution is 0.0500. The molecule has 0 saturated heterocycles. The molecule has 2 aliphatic rings. The lowest BCUT2D eigenvalue weighted by Crippen LogP contribution is -2.44. The second-order valence-corrected chi connectivity index (χ2v) is 6.60. The van der Waals surface area contributed by atoms with Crippen LogP contribution in [0.3, 0.4) is 0 Å². The molecule has 1 fully saturated rings. The maximum Gasteiger partial charge on any atom is 0.167 e. The molecular weight excluding hydrogens is 208 g/mol. The molecule has 2 atom stereocenters. The number of benzene rings is 1. The van der Waals surface area contributed by atoms with Crippen LogP contribution in [0, 0.1) is 11.3 Å². The fourth-order valence-corrected chi connectivity index (χ4v) is 4.35. The number of hydrogen-bond donors (Lipinski definition) is 0. The molecule has 0 aliphatic heterocycles. The summed E-state index contributed by atoms with van der Waals surface area (Å²) in [6.45, 7) is 6.82. The zero-order valence-corrected chi connectivity index (χ0v) is 10.9. The molecule has 1 aromatic rings. The molecule has 1 saturated carbocycles. The molecule has 0 N–H and O–H groups in total. The highest BCUT2D eigenvalue weighted by molar-refractivity contribution is 6.04. The Morgan fingerprint density at radius 2 is 1.82 bits per heavy atom. The largest absolute Gasteiger partial charge is 0.294 e. The zero-order valence-electron chi connectivity index (χ0n) is 10.9. The third kappa shape index (κ3) is 1.28. The van der Waals surface area contributed by atoms with Gasteiger partial charge in [-0.2, -0.15) is 0 Å². The predicted molar refractivity (Wildman–Crippen MR) is 69.2 cm³/mol. The van der Waals surface area contributed by atoms with Crippen molar-refractivity contribution in [2.75, 3.05) is 0 Å². The van der Waals surface area contributed by atoms with E-state index in [0.717, 1.165) is 12.0 Å². The Bertz CT molecular complexity index is 486. The minimum Gasteiger partial charge on any atom is -0.294 e. The normalized spacial score (nSPS) is 34.3. The van der Waals surface area contributed by atoms with E-state index in [0.29, 0.717) is 5.78 Å². The molecule has 0 unspecified atom stereocenters. The Labute approximate surface area is 103 Å². The molecule has 0 bridgehead atoms. The summed E-state index contributed by atoms with van der Waals surface area (Å²) >= 11 is 0. The molecule has 1 nitrogen and oxygen atoms in total. The molecule has 3 rings (SSSR count). The van der Waals surface area contributed by atoms with Crippen molar-refractivity contribution >= 4 is 5.78 Å². The number of fused-ring (bicyclic) bond motifs is 3. The topological polar surface area (TPSA) is 17.1 Å². The number of hydrogen-bond acceptors (Lipinski definition) is 1. The molecule has 0 radical (unpaired) electrons. The van der Waals surface area contributed by atoms with E-state index in [1.54, 1.807) is 0 Å². The first kappa shape index (κ1) is 11.0. The smallest absolute Gasteiger partial charge is 0.167 e. The van der Waals surface area contributed by atoms with Gasteiger partial charge >= 0.3 is 0 Å². The highest BCUT2D eigenvalue weighted by Gasteiger charge is 2.56. The van der Waals surface area contributed by atoms with Crippen LogP contribution in [-0.2, 0) is 5.41 Å². The summed E-state index contributed by atoms with van der Waals surface area (Å²) in [4.78, 5) is 12.7. The van der Waals surface area contributed by atoms with E-state index in [4.69, 9.17) is 0 Å². The first-order valence-corrected chi connectivity index (χ1v) is 6.60. The molecule has 90 valence electrons. The number of ketones is 1. The summed E-state index contributed by atoms with van der Waals surface area (Å²) in [5, 5.41) is 0. The van der Waals surface area contributed by atoms with E-state index >= 15 is 0 Å². The number of carbonyl (C=O) groups excluding carboxylic acids is 1. The Hall–Kier alpha value is -1.11. The Morgan fingerprint density at radius 1 is 1.12 bits per heavy atom. The first-order chi connectivity index (χ1) is 7.97. The van der Waals surface area contributed by atoms with Gasteiger partial charge in [-0.05, 0) is 23.8 Å². The summed E-state index contributed by atoms with van der Waals surface area (Å²) in [6.07, 6.45) is 3.57. The van der Waals surface area contributed by atoms with Gasteiger partial charge in [0.05, 0.1) is 0 Å². The van der Waals surface area contributed by atoms with E-state index in [1.807, 2.05) is 12.1 Å². The summed E-state index contributed by atoms with van der Waals surface area (Å²) in [7, 11) is 0. The van der Waals surface area contributed by atoms with Crippen LogP contribution >= 0.6 is 0 Å². The SMILES string of the molecule is CC1(C)CCC[C@]2(C)c3ccccc3C(=O)[C@H]12. The summed E-state index contributed by atoms with van der Waals surface area (Å²) in [5.41, 5.74) is 2.50. The van der Waals surface area contributed by atoms with Gasteiger partial charge in [0, 0.05) is 16.9 Å². The maximum atomic E-state index is 12.7. The quantitative estimate of drug-likeness (QED) is 0.656. The van der Waals surface area contributed by atoms with Gasteiger partial charge in [-0.3, -0.25) is 4.79 Å². The highest BCUT2D eigenvalue weighted by Crippen LogP contribution is 2.57. The van der Waals surface area contributed by atoms with Crippen LogP contribution in [0.5, 0.6) is 0 Å². The van der Waals surface area contributed by atoms with E-state index in [-0.39, 0.29) is 16.7 Å². The van der Waals surface area contributed by atoms with Gasteiger partial charge in [0.2, 0.25) is 0 Å². The van der Waals surface area contributed by atoms with Gasteiger partial charge in [0.1, 0.15) is 0 Å². The van der Waals surface area contributed by atoms with Crippen LogP contribution < -0.4 is 0 Å². The van der Waals surface area contributed by atoms with Crippen LogP contribution in [0.4, 0.5) is 0 Å². The molecule has 0 aromatic heterocycles. The van der Waals surface area contributed by atoms with E-state index in [2.05, 4.69) is 32.9 Å². The van der Waals surface area contributed by atoms with Crippen LogP contribution in [0.2, 0.25) is 0 Å². The van der Waals surface area contributed by atoms with Crippen LogP contribution in [0.15, 0.2) is 24.3 Å². The predicted octanol–water partition coefficient (Wildman–Crippen LogP) is 3.97. The average molecular weight is 228 g/mol. The Morgan fingerprint density at radius 3 is 2.59 bits per heavy atom. The van der Waals surface area contributed by atoms with Gasteiger partial charge in [-0.15, -0.1) is 0 Å². The molecule has 2 aliphatic carbocycles. The number of Topliss-reactive ketones (excluding diaryl/α,β-unsaturated/α-hetero) is 1. The van der Waals surface area contributed by atoms with Crippen molar-refractivity contribution < 1.29 is 4.79 Å². The Kier molecular flexibility index (Phi) is 2.08. The maximum absolute atomic E-state index is 12.7. The van der Waals surface area contributed by atoms with E-state index in [1.165, 1.54) is 18.4 Å². The van der Waals surface area contributed by atoms with E-state index < -0.39 is 0 Å². The minimum atomic E-state index is 0.0788. The average Bonchev–Trinajstić information content (AvgIpc) is 2.50. The Balaban J connectivity index is 2.22. The first-order valence-electron chi connectivity index (χ1n) is 6.60. The zero-order chi connectivity index (χ0) is 12.3. The van der Waals surface area contributed by atoms with Crippen LogP contribution in [0.1, 0.15) is 56.0 Å². The molecule has 0 heterocycles. The second-order valence-electron chi connectivity index (χ2n) is 6.60. The van der Waals surface area contributed by atoms with Crippen molar-refractivity contribution in [3.05, 3.63) is 35.4 Å². The van der Waals surface area contributed by atoms with Crippen molar-refractivity contribution in [1.29, 1.82) is 0 Å². The van der Waals surface area contributed by atoms with Crippen molar-refractivity contribution in [3.63, 3.8) is 0 Å². The summed E-state index contributed by atoms with van der Waals surface area (Å²) in [6, 6.07) is 8.23. The van der Waals surface area contributed by atoms with Gasteiger partial charge in [-0.25, -0.2) is 0 Å².